The largest absolute Gasteiger partial charge is 0.491 e. The van der Waals surface area contributed by atoms with Crippen molar-refractivity contribution < 1.29 is 28.9 Å². The van der Waals surface area contributed by atoms with Crippen LogP contribution in [0.2, 0.25) is 0 Å². The second-order valence-electron chi connectivity index (χ2n) is 4.84. The topological polar surface area (TPSA) is 108 Å². The van der Waals surface area contributed by atoms with Crippen LogP contribution < -0.4 is 15.2 Å². The minimum Gasteiger partial charge on any atom is -0.491 e. The molecule has 0 saturated carbocycles. The van der Waals surface area contributed by atoms with Gasteiger partial charge in [-0.3, -0.25) is 4.79 Å². The second-order valence-corrected chi connectivity index (χ2v) is 4.84. The van der Waals surface area contributed by atoms with Crippen LogP contribution in [0.1, 0.15) is 29.8 Å². The number of hydrogen-bond donors (Lipinski definition) is 2. The van der Waals surface area contributed by atoms with Gasteiger partial charge in [0.15, 0.2) is 17.3 Å². The Morgan fingerprint density at radius 1 is 1.26 bits per heavy atom. The summed E-state index contributed by atoms with van der Waals surface area (Å²) in [7, 11) is 1.38. The Balaban J connectivity index is 2.97. The van der Waals surface area contributed by atoms with Crippen molar-refractivity contribution in [2.45, 2.75) is 20.5 Å². The number of nitrogens with two attached hydrogens (primary N) is 1. The van der Waals surface area contributed by atoms with E-state index in [9.17, 15) is 14.7 Å². The van der Waals surface area contributed by atoms with E-state index in [0.29, 0.717) is 5.56 Å². The van der Waals surface area contributed by atoms with Gasteiger partial charge in [-0.15, -0.1) is 0 Å². The summed E-state index contributed by atoms with van der Waals surface area (Å²) >= 11 is 0. The monoisotopic (exact) mass is 323 g/mol. The lowest BCUT2D eigenvalue weighted by Gasteiger charge is -2.18. The molecule has 0 aromatic heterocycles. The van der Waals surface area contributed by atoms with Crippen LogP contribution in [0.3, 0.4) is 0 Å². The summed E-state index contributed by atoms with van der Waals surface area (Å²) in [5.74, 6) is -0.399. The average molecular weight is 323 g/mol. The molecule has 7 heteroatoms. The fourth-order valence-corrected chi connectivity index (χ4v) is 1.88. The van der Waals surface area contributed by atoms with E-state index in [-0.39, 0.29) is 53.9 Å². The highest BCUT2D eigenvalue weighted by atomic mass is 16.6. The normalized spacial score (nSPS) is 10.1. The number of benzene rings is 1. The van der Waals surface area contributed by atoms with E-state index < -0.39 is 5.97 Å². The molecule has 0 atom stereocenters. The van der Waals surface area contributed by atoms with E-state index in [1.54, 1.807) is 0 Å². The predicted molar refractivity (Wildman–Crippen MR) is 84.6 cm³/mol. The molecule has 0 spiro atoms. The van der Waals surface area contributed by atoms with Gasteiger partial charge in [0.25, 0.3) is 0 Å². The number of ketones is 1. The highest BCUT2D eigenvalue weighted by molar-refractivity contribution is 6.01. The van der Waals surface area contributed by atoms with Crippen molar-refractivity contribution in [3.63, 3.8) is 0 Å². The molecule has 1 rings (SSSR count). The van der Waals surface area contributed by atoms with Crippen LogP contribution in [0, 0.1) is 0 Å². The second kappa shape index (κ2) is 8.19. The summed E-state index contributed by atoms with van der Waals surface area (Å²) < 4.78 is 15.6. The fraction of sp³-hybridized carbons (Fsp3) is 0.375. The number of aliphatic hydroxyl groups is 1. The molecule has 0 amide bonds. The number of Topliss-reactive ketones (excluding diaryl/α,β-unsaturated/α-hetero) is 1. The molecule has 7 nitrogen and oxygen atoms in total. The van der Waals surface area contributed by atoms with Crippen molar-refractivity contribution in [2.24, 2.45) is 0 Å². The molecule has 0 fully saturated rings. The highest BCUT2D eigenvalue weighted by Gasteiger charge is 2.20. The van der Waals surface area contributed by atoms with Gasteiger partial charge in [-0.1, -0.05) is 6.58 Å². The number of esters is 1. The molecule has 3 N–H and O–H groups in total. The number of aliphatic hydroxyl groups excluding tert-OH is 1. The maximum absolute atomic E-state index is 11.6. The van der Waals surface area contributed by atoms with E-state index in [4.69, 9.17) is 19.9 Å². The molecule has 0 unspecified atom stereocenters. The molecule has 0 aliphatic heterocycles. The number of carbonyl (C=O) groups is 2. The molecule has 1 aromatic rings. The van der Waals surface area contributed by atoms with Crippen molar-refractivity contribution in [1.82, 2.24) is 0 Å². The zero-order chi connectivity index (χ0) is 17.6. The van der Waals surface area contributed by atoms with Crippen LogP contribution in [0.4, 0.5) is 5.69 Å². The van der Waals surface area contributed by atoms with Crippen LogP contribution in [-0.4, -0.2) is 37.2 Å². The third-order valence-corrected chi connectivity index (χ3v) is 3.02. The molecule has 0 heterocycles. The molecule has 23 heavy (non-hydrogen) atoms. The first-order chi connectivity index (χ1) is 10.8. The number of rotatable bonds is 8. The minimum atomic E-state index is -0.519. The van der Waals surface area contributed by atoms with Crippen LogP contribution in [-0.2, 0) is 16.1 Å². The Morgan fingerprint density at radius 3 is 2.39 bits per heavy atom. The van der Waals surface area contributed by atoms with Crippen molar-refractivity contribution in [1.29, 1.82) is 0 Å². The summed E-state index contributed by atoms with van der Waals surface area (Å²) in [6, 6.07) is 1.45. The molecular formula is C16H21NO6. The van der Waals surface area contributed by atoms with Gasteiger partial charge in [0.1, 0.15) is 13.2 Å². The molecule has 0 saturated heterocycles. The van der Waals surface area contributed by atoms with Gasteiger partial charge in [0, 0.05) is 16.7 Å². The average Bonchev–Trinajstić information content (AvgIpc) is 2.50. The lowest BCUT2D eigenvalue weighted by Crippen LogP contribution is -2.14. The van der Waals surface area contributed by atoms with E-state index in [0.717, 1.165) is 0 Å². The van der Waals surface area contributed by atoms with Crippen LogP contribution in [0.5, 0.6) is 11.5 Å². The van der Waals surface area contributed by atoms with Gasteiger partial charge in [0.05, 0.1) is 19.4 Å². The molecular weight excluding hydrogens is 302 g/mol. The van der Waals surface area contributed by atoms with Crippen molar-refractivity contribution in [3.05, 3.63) is 29.3 Å². The molecule has 1 aromatic carbocycles. The fourth-order valence-electron chi connectivity index (χ4n) is 1.88. The van der Waals surface area contributed by atoms with Gasteiger partial charge in [-0.25, -0.2) is 4.79 Å². The van der Waals surface area contributed by atoms with Crippen LogP contribution >= 0.6 is 0 Å². The van der Waals surface area contributed by atoms with Crippen molar-refractivity contribution in [2.75, 3.05) is 26.1 Å². The van der Waals surface area contributed by atoms with E-state index in [1.165, 1.54) is 27.0 Å². The lowest BCUT2D eigenvalue weighted by atomic mass is 10.0. The number of methoxy groups -OCH3 is 1. The maximum Gasteiger partial charge on any atom is 0.333 e. The van der Waals surface area contributed by atoms with Gasteiger partial charge < -0.3 is 25.1 Å². The van der Waals surface area contributed by atoms with Crippen molar-refractivity contribution in [3.8, 4) is 11.5 Å². The number of anilines is 1. The van der Waals surface area contributed by atoms with Crippen LogP contribution in [0.15, 0.2) is 18.2 Å². The van der Waals surface area contributed by atoms with Crippen molar-refractivity contribution >= 4 is 17.4 Å². The summed E-state index contributed by atoms with van der Waals surface area (Å²) in [4.78, 5) is 22.9. The summed E-state index contributed by atoms with van der Waals surface area (Å²) in [6.07, 6.45) is 0. The Labute approximate surface area is 134 Å². The molecule has 126 valence electrons. The highest BCUT2D eigenvalue weighted by Crippen LogP contribution is 2.39. The Bertz CT molecular complexity index is 623. The summed E-state index contributed by atoms with van der Waals surface area (Å²) in [5.41, 5.74) is 6.92. The number of ether oxygens (including phenoxy) is 3. The predicted octanol–water partition coefficient (Wildman–Crippen LogP) is 1.47. The first kappa shape index (κ1) is 18.5. The Morgan fingerprint density at radius 2 is 1.91 bits per heavy atom. The van der Waals surface area contributed by atoms with E-state index >= 15 is 0 Å². The quantitative estimate of drug-likeness (QED) is 0.245. The van der Waals surface area contributed by atoms with E-state index in [2.05, 4.69) is 6.58 Å². The van der Waals surface area contributed by atoms with Crippen LogP contribution in [0.25, 0.3) is 0 Å². The van der Waals surface area contributed by atoms with Gasteiger partial charge in [-0.05, 0) is 19.9 Å². The third kappa shape index (κ3) is 4.46. The molecule has 0 bridgehead atoms. The SMILES string of the molecule is C=C(C)C(=O)OCCOc1c(CO)cc(C(C)=O)c(N)c1OC. The van der Waals surface area contributed by atoms with Gasteiger partial charge >= 0.3 is 5.97 Å². The maximum atomic E-state index is 11.6. The van der Waals surface area contributed by atoms with Gasteiger partial charge in [0.2, 0.25) is 0 Å². The number of carbonyl (C=O) groups excluding carboxylic acids is 2. The molecule has 0 aliphatic carbocycles. The Hall–Kier alpha value is -2.54. The molecule has 0 radical (unpaired) electrons. The summed E-state index contributed by atoms with van der Waals surface area (Å²) in [5, 5.41) is 9.47. The minimum absolute atomic E-state index is 0.00587. The van der Waals surface area contributed by atoms with Gasteiger partial charge in [-0.2, -0.15) is 0 Å². The van der Waals surface area contributed by atoms with E-state index in [1.807, 2.05) is 0 Å². The standard InChI is InChI=1S/C16H21NO6/c1-9(2)16(20)23-6-5-22-14-11(8-18)7-12(10(3)19)13(17)15(14)21-4/h7,18H,1,5-6,8,17H2,2-4H3. The zero-order valence-corrected chi connectivity index (χ0v) is 13.5. The third-order valence-electron chi connectivity index (χ3n) is 3.02. The number of nitrogen functional groups attached to an aromatic ring is 1. The Kier molecular flexibility index (Phi) is 6.59. The molecule has 0 aliphatic rings. The first-order valence-electron chi connectivity index (χ1n) is 6.90. The lowest BCUT2D eigenvalue weighted by molar-refractivity contribution is -0.139. The number of hydrogen-bond acceptors (Lipinski definition) is 7. The zero-order valence-electron chi connectivity index (χ0n) is 13.5. The summed E-state index contributed by atoms with van der Waals surface area (Å²) in [6.45, 7) is 6.03. The smallest absolute Gasteiger partial charge is 0.333 e. The first-order valence-corrected chi connectivity index (χ1v) is 6.90.